The molecule has 2 amide bonds. The predicted molar refractivity (Wildman–Crippen MR) is 105 cm³/mol. The monoisotopic (exact) mass is 377 g/mol. The van der Waals surface area contributed by atoms with Gasteiger partial charge in [-0.05, 0) is 30.9 Å². The fourth-order valence-corrected chi connectivity index (χ4v) is 3.96. The Hall–Kier alpha value is -3.09. The minimum absolute atomic E-state index is 0.0483. The van der Waals surface area contributed by atoms with Gasteiger partial charge in [-0.2, -0.15) is 5.10 Å². The van der Waals surface area contributed by atoms with Crippen LogP contribution >= 0.6 is 0 Å². The van der Waals surface area contributed by atoms with E-state index in [9.17, 15) is 9.59 Å². The van der Waals surface area contributed by atoms with Crippen molar-refractivity contribution in [3.8, 4) is 0 Å². The van der Waals surface area contributed by atoms with Gasteiger partial charge in [-0.3, -0.25) is 14.7 Å². The highest BCUT2D eigenvalue weighted by Crippen LogP contribution is 2.30. The summed E-state index contributed by atoms with van der Waals surface area (Å²) >= 11 is 0. The van der Waals surface area contributed by atoms with Gasteiger partial charge in [-0.25, -0.2) is 0 Å². The van der Waals surface area contributed by atoms with Crippen LogP contribution in [0.25, 0.3) is 10.9 Å². The zero-order valence-electron chi connectivity index (χ0n) is 15.9. The van der Waals surface area contributed by atoms with Crippen molar-refractivity contribution in [2.45, 2.75) is 25.8 Å². The van der Waals surface area contributed by atoms with Crippen molar-refractivity contribution < 1.29 is 9.59 Å². The maximum Gasteiger partial charge on any atom is 0.274 e. The number of nitrogens with zero attached hydrogens (tertiary/aromatic N) is 3. The van der Waals surface area contributed by atoms with Crippen LogP contribution in [-0.2, 0) is 13.0 Å². The number of nitrogens with one attached hydrogen (secondary N) is 2. The van der Waals surface area contributed by atoms with Gasteiger partial charge in [-0.1, -0.05) is 18.2 Å². The molecule has 2 aliphatic rings. The Bertz CT molecular complexity index is 1030. The normalized spacial score (nSPS) is 16.2. The zero-order chi connectivity index (χ0) is 19.3. The summed E-state index contributed by atoms with van der Waals surface area (Å²) in [5.41, 5.74) is 3.79. The molecule has 2 aromatic heterocycles. The zero-order valence-corrected chi connectivity index (χ0v) is 15.9. The first-order chi connectivity index (χ1) is 13.6. The fraction of sp³-hybridized carbons (Fsp3) is 0.381. The van der Waals surface area contributed by atoms with Crippen LogP contribution < -0.4 is 0 Å². The molecule has 0 radical (unpaired) electrons. The van der Waals surface area contributed by atoms with E-state index in [0.29, 0.717) is 36.8 Å². The van der Waals surface area contributed by atoms with Crippen molar-refractivity contribution in [3.05, 3.63) is 53.0 Å². The molecule has 5 rings (SSSR count). The Labute approximate surface area is 162 Å². The molecule has 0 atom stereocenters. The first kappa shape index (κ1) is 17.0. The largest absolute Gasteiger partial charge is 0.351 e. The molecular weight excluding hydrogens is 354 g/mol. The van der Waals surface area contributed by atoms with E-state index >= 15 is 0 Å². The summed E-state index contributed by atoms with van der Waals surface area (Å²) in [5, 5.41) is 8.31. The van der Waals surface area contributed by atoms with E-state index in [0.717, 1.165) is 28.7 Å². The van der Waals surface area contributed by atoms with Crippen LogP contribution in [0.4, 0.5) is 0 Å². The molecular formula is C21H23N5O2. The number of amides is 2. The molecule has 2 N–H and O–H groups in total. The number of rotatable bonds is 4. The van der Waals surface area contributed by atoms with Crippen molar-refractivity contribution in [1.82, 2.24) is 25.0 Å². The number of aromatic nitrogens is 3. The summed E-state index contributed by atoms with van der Waals surface area (Å²) < 4.78 is 0. The molecule has 3 heterocycles. The Kier molecular flexibility index (Phi) is 3.96. The minimum Gasteiger partial charge on any atom is -0.351 e. The molecule has 1 fully saturated rings. The van der Waals surface area contributed by atoms with Gasteiger partial charge < -0.3 is 14.8 Å². The summed E-state index contributed by atoms with van der Waals surface area (Å²) in [6.45, 7) is 1.78. The molecule has 144 valence electrons. The number of carbonyl (C=O) groups excluding carboxylic acids is 2. The van der Waals surface area contributed by atoms with E-state index < -0.39 is 0 Å². The van der Waals surface area contributed by atoms with Gasteiger partial charge in [-0.15, -0.1) is 0 Å². The molecule has 0 spiro atoms. The lowest BCUT2D eigenvalue weighted by Gasteiger charge is -2.27. The van der Waals surface area contributed by atoms with E-state index in [4.69, 9.17) is 0 Å². The Balaban J connectivity index is 1.37. The van der Waals surface area contributed by atoms with Crippen molar-refractivity contribution in [3.63, 3.8) is 0 Å². The minimum atomic E-state index is -0.0655. The van der Waals surface area contributed by atoms with Gasteiger partial charge >= 0.3 is 0 Å². The summed E-state index contributed by atoms with van der Waals surface area (Å²) in [5.74, 6) is 0.515. The van der Waals surface area contributed by atoms with E-state index in [-0.39, 0.29) is 11.8 Å². The summed E-state index contributed by atoms with van der Waals surface area (Å²) in [6, 6.07) is 9.74. The molecule has 28 heavy (non-hydrogen) atoms. The third-order valence-electron chi connectivity index (χ3n) is 5.76. The average Bonchev–Trinajstić information content (AvgIpc) is 3.27. The molecule has 1 aliphatic carbocycles. The molecule has 7 heteroatoms. The first-order valence-electron chi connectivity index (χ1n) is 9.79. The SMILES string of the molecule is CN(CC1CC1)C(=O)c1n[nH]c2c1CN(C(=O)c1cc3ccccc3[nH]1)CC2. The smallest absolute Gasteiger partial charge is 0.274 e. The topological polar surface area (TPSA) is 85.1 Å². The lowest BCUT2D eigenvalue weighted by atomic mass is 10.0. The van der Waals surface area contributed by atoms with Crippen LogP contribution in [0.2, 0.25) is 0 Å². The molecule has 1 aromatic carbocycles. The summed E-state index contributed by atoms with van der Waals surface area (Å²) in [7, 11) is 1.83. The molecule has 1 saturated carbocycles. The number of fused-ring (bicyclic) bond motifs is 2. The Morgan fingerprint density at radius 1 is 1.29 bits per heavy atom. The van der Waals surface area contributed by atoms with E-state index in [2.05, 4.69) is 15.2 Å². The van der Waals surface area contributed by atoms with Crippen molar-refractivity contribution in [2.75, 3.05) is 20.1 Å². The highest BCUT2D eigenvalue weighted by molar-refractivity contribution is 5.98. The number of H-pyrrole nitrogens is 2. The number of hydrogen-bond acceptors (Lipinski definition) is 3. The van der Waals surface area contributed by atoms with Crippen LogP contribution in [0.3, 0.4) is 0 Å². The quantitative estimate of drug-likeness (QED) is 0.733. The molecule has 0 unspecified atom stereocenters. The second kappa shape index (κ2) is 6.51. The Morgan fingerprint density at radius 3 is 2.89 bits per heavy atom. The molecule has 3 aromatic rings. The molecule has 0 bridgehead atoms. The standard InChI is InChI=1S/C21H23N5O2/c1-25(11-13-6-7-13)21(28)19-15-12-26(9-8-17(15)23-24-19)20(27)18-10-14-4-2-3-5-16(14)22-18/h2-5,10,13,22H,6-9,11-12H2,1H3,(H,23,24). The van der Waals surface area contributed by atoms with E-state index in [1.807, 2.05) is 37.4 Å². The van der Waals surface area contributed by atoms with Crippen molar-refractivity contribution >= 4 is 22.7 Å². The lowest BCUT2D eigenvalue weighted by Crippen LogP contribution is -2.37. The predicted octanol–water partition coefficient (Wildman–Crippen LogP) is 2.57. The van der Waals surface area contributed by atoms with E-state index in [1.165, 1.54) is 12.8 Å². The third kappa shape index (κ3) is 2.96. The maximum absolute atomic E-state index is 13.0. The number of hydrogen-bond donors (Lipinski definition) is 2. The number of benzene rings is 1. The van der Waals surface area contributed by atoms with Crippen LogP contribution in [0.5, 0.6) is 0 Å². The van der Waals surface area contributed by atoms with Crippen LogP contribution in [0.1, 0.15) is 45.1 Å². The number of para-hydroxylation sites is 1. The number of aromatic amines is 2. The van der Waals surface area contributed by atoms with Gasteiger partial charge in [0.2, 0.25) is 0 Å². The van der Waals surface area contributed by atoms with Crippen molar-refractivity contribution in [2.24, 2.45) is 5.92 Å². The van der Waals surface area contributed by atoms with Crippen molar-refractivity contribution in [1.29, 1.82) is 0 Å². The summed E-state index contributed by atoms with van der Waals surface area (Å²) in [4.78, 5) is 32.6. The second-order valence-corrected chi connectivity index (χ2v) is 7.91. The fourth-order valence-electron chi connectivity index (χ4n) is 3.96. The van der Waals surface area contributed by atoms with Crippen LogP contribution in [-0.4, -0.2) is 56.9 Å². The van der Waals surface area contributed by atoms with Gasteiger partial charge in [0.1, 0.15) is 5.69 Å². The average molecular weight is 377 g/mol. The number of carbonyl (C=O) groups is 2. The third-order valence-corrected chi connectivity index (χ3v) is 5.76. The highest BCUT2D eigenvalue weighted by atomic mass is 16.2. The van der Waals surface area contributed by atoms with Gasteiger partial charge in [0.25, 0.3) is 11.8 Å². The maximum atomic E-state index is 13.0. The summed E-state index contributed by atoms with van der Waals surface area (Å²) in [6.07, 6.45) is 3.07. The van der Waals surface area contributed by atoms with Crippen LogP contribution in [0.15, 0.2) is 30.3 Å². The second-order valence-electron chi connectivity index (χ2n) is 7.91. The van der Waals surface area contributed by atoms with Gasteiger partial charge in [0.05, 0.1) is 6.54 Å². The first-order valence-corrected chi connectivity index (χ1v) is 9.79. The van der Waals surface area contributed by atoms with Gasteiger partial charge in [0, 0.05) is 48.7 Å². The van der Waals surface area contributed by atoms with E-state index in [1.54, 1.807) is 9.80 Å². The lowest BCUT2D eigenvalue weighted by molar-refractivity contribution is 0.0718. The van der Waals surface area contributed by atoms with Crippen LogP contribution in [0, 0.1) is 5.92 Å². The Morgan fingerprint density at radius 2 is 2.11 bits per heavy atom. The highest BCUT2D eigenvalue weighted by Gasteiger charge is 2.31. The molecule has 7 nitrogen and oxygen atoms in total. The molecule has 0 saturated heterocycles. The molecule has 1 aliphatic heterocycles. The van der Waals surface area contributed by atoms with Gasteiger partial charge in [0.15, 0.2) is 5.69 Å².